The molecule has 4 heavy (non-hydrogen) atoms. The third-order valence-electron chi connectivity index (χ3n) is 0. The Bertz CT molecular complexity index is 8.00. The van der Waals surface area contributed by atoms with E-state index in [4.69, 9.17) is 0 Å². The van der Waals surface area contributed by atoms with Crippen LogP contribution in [0.4, 0.5) is 0 Å². The average molecular weight is 205 g/mol. The van der Waals surface area contributed by atoms with Gasteiger partial charge in [0.05, 0.1) is 0 Å². The van der Waals surface area contributed by atoms with Crippen LogP contribution in [-0.4, -0.2) is 0 Å². The van der Waals surface area contributed by atoms with Crippen LogP contribution in [0.1, 0.15) is 0 Å². The molecule has 19 valence electrons. The van der Waals surface area contributed by atoms with E-state index in [-0.39, 0.29) is 68.9 Å². The van der Waals surface area contributed by atoms with E-state index in [1.54, 1.807) is 0 Å². The van der Waals surface area contributed by atoms with Crippen LogP contribution in [0.2, 0.25) is 0 Å². The summed E-state index contributed by atoms with van der Waals surface area (Å²) in [6, 6.07) is 0. The molecule has 0 aromatic heterocycles. The molecule has 0 aliphatic rings. The van der Waals surface area contributed by atoms with E-state index in [0.29, 0.717) is 0 Å². The molecule has 0 fully saturated rings. The number of rotatable bonds is 0. The molecule has 0 spiro atoms. The van der Waals surface area contributed by atoms with Gasteiger partial charge in [-0.15, -0.1) is 0 Å². The van der Waals surface area contributed by atoms with Crippen LogP contribution in [0.3, 0.4) is 0 Å². The number of hydrogen-bond acceptors (Lipinski definition) is 0. The Balaban J connectivity index is 0. The fourth-order valence-corrected chi connectivity index (χ4v) is 0. The normalized spacial score (nSPS) is 0. The van der Waals surface area contributed by atoms with Crippen molar-refractivity contribution in [3.8, 4) is 0 Å². The van der Waals surface area contributed by atoms with Gasteiger partial charge in [-0.05, 0) is 0 Å². The second-order valence-electron chi connectivity index (χ2n) is 0. The predicted octanol–water partition coefficient (Wildman–Crippen LogP) is 0.0738. The molecule has 0 heterocycles. The Morgan fingerprint density at radius 1 is 1.00 bits per heavy atom. The van der Waals surface area contributed by atoms with Gasteiger partial charge in [0.1, 0.15) is 0 Å². The summed E-state index contributed by atoms with van der Waals surface area (Å²) in [5.74, 6) is 0. The largest absolute Gasteiger partial charge is 0 e. The molecule has 0 aliphatic heterocycles. The van der Waals surface area contributed by atoms with Gasteiger partial charge in [0, 0.05) is 68.9 Å². The molecular weight excluding hydrogens is 205 g/mol. The van der Waals surface area contributed by atoms with Gasteiger partial charge in [0.2, 0.25) is 0 Å². The van der Waals surface area contributed by atoms with Gasteiger partial charge >= 0.3 is 0 Å². The van der Waals surface area contributed by atoms with Gasteiger partial charge in [-0.25, -0.2) is 0 Å². The van der Waals surface area contributed by atoms with Crippen LogP contribution in [0.5, 0.6) is 0 Å². The van der Waals surface area contributed by atoms with Crippen molar-refractivity contribution in [2.75, 3.05) is 0 Å². The summed E-state index contributed by atoms with van der Waals surface area (Å²) < 4.78 is 0. The Hall–Kier alpha value is 1.99. The van der Waals surface area contributed by atoms with E-state index in [9.17, 15) is 0 Å². The Morgan fingerprint density at radius 2 is 1.00 bits per heavy atom. The first-order valence-corrected chi connectivity index (χ1v) is 0. The first-order chi connectivity index (χ1) is 0. The summed E-state index contributed by atoms with van der Waals surface area (Å²) in [7, 11) is 0. The number of hydrogen-bond donors (Lipinski definition) is 0. The van der Waals surface area contributed by atoms with Gasteiger partial charge in [0.25, 0.3) is 0 Å². The monoisotopic (exact) mass is 205 g/mol. The molecule has 0 atom stereocenters. The van der Waals surface area contributed by atoms with Crippen molar-refractivity contribution in [1.29, 1.82) is 0 Å². The molecule has 0 nitrogen and oxygen atoms in total. The second kappa shape index (κ2) is 20.1. The van der Waals surface area contributed by atoms with Gasteiger partial charge in [-0.3, -0.25) is 0 Å². The van der Waals surface area contributed by atoms with Crippen LogP contribution in [0.25, 0.3) is 0 Å². The van der Waals surface area contributed by atoms with Gasteiger partial charge in [-0.1, -0.05) is 0 Å². The molecule has 5 radical (unpaired) electrons. The Morgan fingerprint density at radius 3 is 1.00 bits per heavy atom. The van der Waals surface area contributed by atoms with Crippen molar-refractivity contribution >= 4 is 0 Å². The maximum Gasteiger partial charge on any atom is 0 e. The van der Waals surface area contributed by atoms with Crippen molar-refractivity contribution in [2.24, 2.45) is 0 Å². The molecule has 0 saturated carbocycles. The van der Waals surface area contributed by atoms with Crippen LogP contribution < -0.4 is 0 Å². The third-order valence-corrected chi connectivity index (χ3v) is 0. The summed E-state index contributed by atoms with van der Waals surface area (Å²) in [5.41, 5.74) is 0. The first-order valence-electron chi connectivity index (χ1n) is 0. The standard InChI is InChI=1S/C.Cr.Nb.Ti. The van der Waals surface area contributed by atoms with Crippen LogP contribution in [0, 0.1) is 7.43 Å². The van der Waals surface area contributed by atoms with Crippen LogP contribution >= 0.6 is 0 Å². The summed E-state index contributed by atoms with van der Waals surface area (Å²) in [6.07, 6.45) is 0. The van der Waals surface area contributed by atoms with Gasteiger partial charge in [0.15, 0.2) is 0 Å². The van der Waals surface area contributed by atoms with Gasteiger partial charge in [-0.2, -0.15) is 0 Å². The van der Waals surface area contributed by atoms with Crippen molar-refractivity contribution in [3.05, 3.63) is 7.43 Å². The molecule has 0 unspecified atom stereocenters. The van der Waals surface area contributed by atoms with E-state index < -0.39 is 0 Å². The van der Waals surface area contributed by atoms with Crippen molar-refractivity contribution in [2.45, 2.75) is 0 Å². The zero-order valence-electron chi connectivity index (χ0n) is 1.86. The van der Waals surface area contributed by atoms with E-state index in [0.717, 1.165) is 0 Å². The molecular formula is CCrNbTi. The Labute approximate surface area is 68.3 Å². The van der Waals surface area contributed by atoms with Crippen LogP contribution in [-0.2, 0) is 61.5 Å². The first kappa shape index (κ1) is 37.7. The molecule has 0 rings (SSSR count). The maximum absolute atomic E-state index is 0. The molecule has 0 bridgehead atoms. The molecule has 0 N–H and O–H groups in total. The molecule has 0 aromatic carbocycles. The minimum absolute atomic E-state index is 0. The second-order valence-corrected chi connectivity index (χ2v) is 0. The zero-order chi connectivity index (χ0) is 0. The summed E-state index contributed by atoms with van der Waals surface area (Å²) in [6.45, 7) is 0. The third kappa shape index (κ3) is 9.01. The molecule has 0 aliphatic carbocycles. The molecule has 0 aromatic rings. The van der Waals surface area contributed by atoms with E-state index in [1.807, 2.05) is 0 Å². The maximum atomic E-state index is 0. The Kier molecular flexibility index (Phi) is 189. The average Bonchev–Trinajstić information content (AvgIpc) is 0. The summed E-state index contributed by atoms with van der Waals surface area (Å²) in [5, 5.41) is 0. The SMILES string of the molecule is [C].[Cr].[Nb].[Ti]. The zero-order valence-corrected chi connectivity index (χ0v) is 6.89. The topological polar surface area (TPSA) is 0 Å². The fraction of sp³-hybridized carbons (Fsp3) is 0. The predicted molar refractivity (Wildman–Crippen MR) is 3.24 cm³/mol. The van der Waals surface area contributed by atoms with E-state index >= 15 is 0 Å². The van der Waals surface area contributed by atoms with Crippen molar-refractivity contribution in [1.82, 2.24) is 0 Å². The van der Waals surface area contributed by atoms with Gasteiger partial charge < -0.3 is 0 Å². The molecule has 3 heteroatoms. The van der Waals surface area contributed by atoms with E-state index in [1.165, 1.54) is 0 Å². The van der Waals surface area contributed by atoms with Crippen molar-refractivity contribution < 1.29 is 61.5 Å². The summed E-state index contributed by atoms with van der Waals surface area (Å²) in [4.78, 5) is 0. The minimum Gasteiger partial charge on any atom is 0 e. The van der Waals surface area contributed by atoms with E-state index in [2.05, 4.69) is 0 Å². The quantitative estimate of drug-likeness (QED) is 0.491. The fourth-order valence-electron chi connectivity index (χ4n) is 0. The smallest absolute Gasteiger partial charge is 0 e. The van der Waals surface area contributed by atoms with Crippen molar-refractivity contribution in [3.63, 3.8) is 0 Å². The minimum atomic E-state index is 0. The van der Waals surface area contributed by atoms with Crippen LogP contribution in [0.15, 0.2) is 0 Å². The summed E-state index contributed by atoms with van der Waals surface area (Å²) >= 11 is 0. The molecule has 0 saturated heterocycles. The molecule has 0 amide bonds.